The molecule has 0 spiro atoms. The van der Waals surface area contributed by atoms with Gasteiger partial charge in [-0.25, -0.2) is 0 Å². The van der Waals surface area contributed by atoms with Crippen LogP contribution in [0.4, 0.5) is 5.69 Å². The van der Waals surface area contributed by atoms with E-state index in [0.717, 1.165) is 29.5 Å². The van der Waals surface area contributed by atoms with E-state index in [2.05, 4.69) is 41.5 Å². The average Bonchev–Trinajstić information content (AvgIpc) is 2.61. The number of hydrogen-bond donors (Lipinski definition) is 2. The first-order valence-corrected chi connectivity index (χ1v) is 9.34. The van der Waals surface area contributed by atoms with E-state index >= 15 is 0 Å². The molecule has 0 aliphatic carbocycles. The number of thioether (sulfide) groups is 1. The van der Waals surface area contributed by atoms with E-state index in [1.807, 2.05) is 42.1 Å². The first kappa shape index (κ1) is 18.4. The van der Waals surface area contributed by atoms with E-state index in [1.54, 1.807) is 6.08 Å². The highest BCUT2D eigenvalue weighted by atomic mass is 32.2. The summed E-state index contributed by atoms with van der Waals surface area (Å²) in [5.41, 5.74) is 2.26. The van der Waals surface area contributed by atoms with Crippen molar-refractivity contribution >= 4 is 34.8 Å². The van der Waals surface area contributed by atoms with E-state index in [4.69, 9.17) is 17.0 Å². The molecule has 2 N–H and O–H groups in total. The summed E-state index contributed by atoms with van der Waals surface area (Å²) in [4.78, 5) is 0. The molecule has 5 heteroatoms. The second-order valence-corrected chi connectivity index (χ2v) is 6.56. The van der Waals surface area contributed by atoms with E-state index in [0.29, 0.717) is 11.7 Å². The van der Waals surface area contributed by atoms with Gasteiger partial charge in [0.1, 0.15) is 12.4 Å². The van der Waals surface area contributed by atoms with Crippen molar-refractivity contribution in [3.63, 3.8) is 0 Å². The highest BCUT2D eigenvalue weighted by Gasteiger charge is 2.00. The third-order valence-corrected chi connectivity index (χ3v) is 4.38. The van der Waals surface area contributed by atoms with E-state index < -0.39 is 0 Å². The Bertz CT molecular complexity index is 647. The van der Waals surface area contributed by atoms with Crippen LogP contribution in [0, 0.1) is 0 Å². The largest absolute Gasteiger partial charge is 0.489 e. The monoisotopic (exact) mass is 358 g/mol. The molecule has 0 amide bonds. The molecular formula is C19H22N2OS2. The number of ether oxygens (including phenoxy) is 1. The van der Waals surface area contributed by atoms with Gasteiger partial charge < -0.3 is 15.4 Å². The lowest BCUT2D eigenvalue weighted by Gasteiger charge is -2.11. The maximum Gasteiger partial charge on any atom is 0.170 e. The fourth-order valence-corrected chi connectivity index (χ4v) is 3.03. The van der Waals surface area contributed by atoms with Crippen LogP contribution in [-0.2, 0) is 5.75 Å². The second-order valence-electron chi connectivity index (χ2n) is 5.05. The quantitative estimate of drug-likeness (QED) is 0.393. The average molecular weight is 359 g/mol. The summed E-state index contributed by atoms with van der Waals surface area (Å²) in [7, 11) is 0. The highest BCUT2D eigenvalue weighted by molar-refractivity contribution is 7.98. The van der Waals surface area contributed by atoms with E-state index in [-0.39, 0.29) is 0 Å². The van der Waals surface area contributed by atoms with Crippen LogP contribution in [0.5, 0.6) is 5.75 Å². The van der Waals surface area contributed by atoms with Crippen molar-refractivity contribution in [3.05, 3.63) is 72.8 Å². The van der Waals surface area contributed by atoms with Gasteiger partial charge in [-0.15, -0.1) is 0 Å². The smallest absolute Gasteiger partial charge is 0.170 e. The molecule has 3 nitrogen and oxygen atoms in total. The molecule has 0 aliphatic heterocycles. The Morgan fingerprint density at radius 1 is 1.17 bits per heavy atom. The first-order chi connectivity index (χ1) is 11.8. The molecule has 0 saturated heterocycles. The Balaban J connectivity index is 1.65. The summed E-state index contributed by atoms with van der Waals surface area (Å²) in [5, 5.41) is 7.02. The standard InChI is InChI=1S/C19H22N2OS2/c1-2-12-22-18-10-6-9-17(14-18)21-19(23)20-11-13-24-15-16-7-4-3-5-8-16/h2-10,14H,1,11-13,15H2,(H2,20,21,23). The summed E-state index contributed by atoms with van der Waals surface area (Å²) in [6.07, 6.45) is 1.72. The lowest BCUT2D eigenvalue weighted by Crippen LogP contribution is -2.30. The van der Waals surface area contributed by atoms with Crippen molar-refractivity contribution in [2.75, 3.05) is 24.2 Å². The van der Waals surface area contributed by atoms with Gasteiger partial charge in [-0.05, 0) is 29.9 Å². The lowest BCUT2D eigenvalue weighted by molar-refractivity contribution is 0.363. The van der Waals surface area contributed by atoms with Crippen molar-refractivity contribution in [2.24, 2.45) is 0 Å². The highest BCUT2D eigenvalue weighted by Crippen LogP contribution is 2.17. The lowest BCUT2D eigenvalue weighted by atomic mass is 10.2. The SMILES string of the molecule is C=CCOc1cccc(NC(=S)NCCSCc2ccccc2)c1. The Labute approximate surface area is 153 Å². The van der Waals surface area contributed by atoms with Crippen LogP contribution in [0.3, 0.4) is 0 Å². The van der Waals surface area contributed by atoms with Gasteiger partial charge in [0, 0.05) is 29.8 Å². The predicted molar refractivity (Wildman–Crippen MR) is 109 cm³/mol. The van der Waals surface area contributed by atoms with Crippen molar-refractivity contribution in [1.29, 1.82) is 0 Å². The summed E-state index contributed by atoms with van der Waals surface area (Å²) < 4.78 is 5.51. The Hall–Kier alpha value is -1.98. The molecule has 0 bridgehead atoms. The third-order valence-electron chi connectivity index (χ3n) is 3.10. The van der Waals surface area contributed by atoms with Crippen LogP contribution >= 0.6 is 24.0 Å². The third kappa shape index (κ3) is 7.06. The number of rotatable bonds is 9. The Kier molecular flexibility index (Phi) is 8.21. The molecule has 0 unspecified atom stereocenters. The van der Waals surface area contributed by atoms with Crippen LogP contribution in [0.2, 0.25) is 0 Å². The second kappa shape index (κ2) is 10.7. The molecule has 2 rings (SSSR count). The molecule has 24 heavy (non-hydrogen) atoms. The Morgan fingerprint density at radius 2 is 2.00 bits per heavy atom. The van der Waals surface area contributed by atoms with E-state index in [1.165, 1.54) is 5.56 Å². The number of thiocarbonyl (C=S) groups is 1. The van der Waals surface area contributed by atoms with Crippen molar-refractivity contribution in [2.45, 2.75) is 5.75 Å². The molecule has 0 radical (unpaired) electrons. The molecule has 2 aromatic rings. The topological polar surface area (TPSA) is 33.3 Å². The van der Waals surface area contributed by atoms with Crippen LogP contribution in [0.25, 0.3) is 0 Å². The number of anilines is 1. The molecule has 0 saturated carbocycles. The van der Waals surface area contributed by atoms with Gasteiger partial charge in [-0.2, -0.15) is 11.8 Å². The molecule has 2 aromatic carbocycles. The molecule has 0 aliphatic rings. The Morgan fingerprint density at radius 3 is 2.79 bits per heavy atom. The maximum absolute atomic E-state index is 5.51. The zero-order valence-corrected chi connectivity index (χ0v) is 15.2. The van der Waals surface area contributed by atoms with Gasteiger partial charge >= 0.3 is 0 Å². The van der Waals surface area contributed by atoms with Crippen LogP contribution < -0.4 is 15.4 Å². The van der Waals surface area contributed by atoms with Gasteiger partial charge in [-0.3, -0.25) is 0 Å². The van der Waals surface area contributed by atoms with Crippen molar-refractivity contribution < 1.29 is 4.74 Å². The minimum Gasteiger partial charge on any atom is -0.489 e. The summed E-state index contributed by atoms with van der Waals surface area (Å²) in [6, 6.07) is 18.2. The van der Waals surface area contributed by atoms with Gasteiger partial charge in [-0.1, -0.05) is 49.1 Å². The predicted octanol–water partition coefficient (Wildman–Crippen LogP) is 4.47. The van der Waals surface area contributed by atoms with Crippen molar-refractivity contribution in [1.82, 2.24) is 5.32 Å². The fourth-order valence-electron chi connectivity index (χ4n) is 2.00. The van der Waals surface area contributed by atoms with Gasteiger partial charge in [0.05, 0.1) is 0 Å². The maximum atomic E-state index is 5.51. The first-order valence-electron chi connectivity index (χ1n) is 7.78. The van der Waals surface area contributed by atoms with Crippen LogP contribution in [0.1, 0.15) is 5.56 Å². The van der Waals surface area contributed by atoms with Crippen LogP contribution in [-0.4, -0.2) is 24.0 Å². The van der Waals surface area contributed by atoms with Gasteiger partial charge in [0.15, 0.2) is 5.11 Å². The van der Waals surface area contributed by atoms with Gasteiger partial charge in [0.25, 0.3) is 0 Å². The van der Waals surface area contributed by atoms with Gasteiger partial charge in [0.2, 0.25) is 0 Å². The summed E-state index contributed by atoms with van der Waals surface area (Å²) in [5.74, 6) is 2.81. The zero-order chi connectivity index (χ0) is 17.0. The minimum absolute atomic E-state index is 0.491. The molecule has 0 fully saturated rings. The number of benzene rings is 2. The molecule has 0 aromatic heterocycles. The normalized spacial score (nSPS) is 10.0. The fraction of sp³-hybridized carbons (Fsp3) is 0.211. The number of nitrogens with one attached hydrogen (secondary N) is 2. The molecular weight excluding hydrogens is 336 g/mol. The molecule has 0 atom stereocenters. The zero-order valence-electron chi connectivity index (χ0n) is 13.5. The molecule has 0 heterocycles. The summed E-state index contributed by atoms with van der Waals surface area (Å²) in [6.45, 7) is 4.96. The minimum atomic E-state index is 0.491. The number of hydrogen-bond acceptors (Lipinski definition) is 3. The van der Waals surface area contributed by atoms with Crippen molar-refractivity contribution in [3.8, 4) is 5.75 Å². The van der Waals surface area contributed by atoms with E-state index in [9.17, 15) is 0 Å². The molecule has 126 valence electrons. The summed E-state index contributed by atoms with van der Waals surface area (Å²) >= 11 is 7.21. The van der Waals surface area contributed by atoms with Crippen LogP contribution in [0.15, 0.2) is 67.3 Å².